The van der Waals surface area contributed by atoms with E-state index in [2.05, 4.69) is 16.0 Å². The van der Waals surface area contributed by atoms with E-state index in [0.29, 0.717) is 12.8 Å². The number of methoxy groups -OCH3 is 1. The second-order valence-electron chi connectivity index (χ2n) is 10.1. The van der Waals surface area contributed by atoms with Crippen LogP contribution < -0.4 is 16.0 Å². The standard InChI is InChI=1S/C28H42N4O10/c1-6-42-25(37)10-8-7-9-19(29-22(33)13-14-24(35)36)26(38)31-20-12-11-18(4)32(27(20)39)16-23(34)30-21(15-17(2)3)28(40)41-5/h8,10,12,17-19,21H,6-7,9,11,13-16H2,1-5H3,(H,29,33)(H,30,34)(H,31,38)(H,35,36)/b10-8+/t18?,19-,21+/m0/s1. The lowest BCUT2D eigenvalue weighted by Crippen LogP contribution is -2.54. The molecule has 0 bridgehead atoms. The van der Waals surface area contributed by atoms with E-state index in [0.717, 1.165) is 0 Å². The van der Waals surface area contributed by atoms with Crippen molar-refractivity contribution in [3.63, 3.8) is 0 Å². The highest BCUT2D eigenvalue weighted by molar-refractivity contribution is 6.01. The Bertz CT molecular complexity index is 1070. The van der Waals surface area contributed by atoms with Gasteiger partial charge in [0.25, 0.3) is 5.91 Å². The van der Waals surface area contributed by atoms with Crippen molar-refractivity contribution in [2.75, 3.05) is 20.3 Å². The lowest BCUT2D eigenvalue weighted by atomic mass is 10.0. The molecule has 4 N–H and O–H groups in total. The van der Waals surface area contributed by atoms with E-state index in [9.17, 15) is 33.6 Å². The lowest BCUT2D eigenvalue weighted by Gasteiger charge is -2.33. The Labute approximate surface area is 245 Å². The molecule has 1 heterocycles. The molecule has 14 heteroatoms. The first kappa shape index (κ1) is 35.8. The number of ether oxygens (including phenoxy) is 2. The summed E-state index contributed by atoms with van der Waals surface area (Å²) in [6.07, 6.45) is 4.26. The van der Waals surface area contributed by atoms with E-state index in [-0.39, 0.29) is 50.1 Å². The summed E-state index contributed by atoms with van der Waals surface area (Å²) in [7, 11) is 1.22. The summed E-state index contributed by atoms with van der Waals surface area (Å²) in [5.74, 6) is -4.87. The summed E-state index contributed by atoms with van der Waals surface area (Å²) < 4.78 is 9.56. The number of aliphatic carboxylic acids is 1. The van der Waals surface area contributed by atoms with Gasteiger partial charge in [-0.3, -0.25) is 24.0 Å². The maximum atomic E-state index is 13.2. The van der Waals surface area contributed by atoms with Crippen LogP contribution in [-0.4, -0.2) is 89.9 Å². The Morgan fingerprint density at radius 1 is 1.10 bits per heavy atom. The van der Waals surface area contributed by atoms with Gasteiger partial charge in [0.1, 0.15) is 24.3 Å². The molecule has 234 valence electrons. The van der Waals surface area contributed by atoms with Gasteiger partial charge in [-0.25, -0.2) is 9.59 Å². The van der Waals surface area contributed by atoms with E-state index in [1.54, 1.807) is 13.8 Å². The van der Waals surface area contributed by atoms with Gasteiger partial charge in [0.2, 0.25) is 17.7 Å². The Hall–Kier alpha value is -4.23. The fourth-order valence-electron chi connectivity index (χ4n) is 4.02. The Morgan fingerprint density at radius 2 is 1.76 bits per heavy atom. The minimum atomic E-state index is -1.18. The van der Waals surface area contributed by atoms with Crippen molar-refractivity contribution in [3.8, 4) is 0 Å². The number of hydrogen-bond donors (Lipinski definition) is 4. The molecule has 14 nitrogen and oxygen atoms in total. The van der Waals surface area contributed by atoms with Crippen LogP contribution in [-0.2, 0) is 43.0 Å². The molecule has 0 aliphatic carbocycles. The number of nitrogens with zero attached hydrogens (tertiary/aromatic N) is 1. The molecule has 0 fully saturated rings. The fraction of sp³-hybridized carbons (Fsp3) is 0.607. The normalized spacial score (nSPS) is 16.3. The summed E-state index contributed by atoms with van der Waals surface area (Å²) in [6.45, 7) is 6.98. The largest absolute Gasteiger partial charge is 0.481 e. The van der Waals surface area contributed by atoms with Crippen molar-refractivity contribution >= 4 is 41.5 Å². The number of nitrogens with one attached hydrogen (secondary N) is 3. The molecule has 4 amide bonds. The molecule has 0 aromatic heterocycles. The fourth-order valence-corrected chi connectivity index (χ4v) is 4.02. The summed E-state index contributed by atoms with van der Waals surface area (Å²) in [5.41, 5.74) is -0.0931. The number of allylic oxidation sites excluding steroid dienone is 1. The van der Waals surface area contributed by atoms with Gasteiger partial charge >= 0.3 is 17.9 Å². The third-order valence-corrected chi connectivity index (χ3v) is 6.17. The molecule has 0 aromatic rings. The van der Waals surface area contributed by atoms with Crippen LogP contribution in [0.3, 0.4) is 0 Å². The maximum Gasteiger partial charge on any atom is 0.330 e. The van der Waals surface area contributed by atoms with Crippen LogP contribution in [0.25, 0.3) is 0 Å². The highest BCUT2D eigenvalue weighted by atomic mass is 16.5. The first-order valence-electron chi connectivity index (χ1n) is 13.8. The van der Waals surface area contributed by atoms with Gasteiger partial charge in [-0.15, -0.1) is 0 Å². The quantitative estimate of drug-likeness (QED) is 0.136. The van der Waals surface area contributed by atoms with Crippen LogP contribution in [0.4, 0.5) is 0 Å². The molecule has 0 spiro atoms. The summed E-state index contributed by atoms with van der Waals surface area (Å²) >= 11 is 0. The van der Waals surface area contributed by atoms with Gasteiger partial charge in [0, 0.05) is 18.5 Å². The second kappa shape index (κ2) is 18.3. The molecule has 1 aliphatic rings. The van der Waals surface area contributed by atoms with Gasteiger partial charge in [-0.05, 0) is 45.4 Å². The first-order chi connectivity index (χ1) is 19.8. The number of carbonyl (C=O) groups excluding carboxylic acids is 6. The monoisotopic (exact) mass is 594 g/mol. The van der Waals surface area contributed by atoms with Crippen LogP contribution in [0.2, 0.25) is 0 Å². The van der Waals surface area contributed by atoms with Crippen molar-refractivity contribution in [1.82, 2.24) is 20.9 Å². The van der Waals surface area contributed by atoms with Gasteiger partial charge in [-0.1, -0.05) is 26.0 Å². The lowest BCUT2D eigenvalue weighted by molar-refractivity contribution is -0.146. The minimum Gasteiger partial charge on any atom is -0.481 e. The number of carbonyl (C=O) groups is 7. The number of rotatable bonds is 17. The molecule has 1 aliphatic heterocycles. The molecule has 0 aromatic carbocycles. The molecular weight excluding hydrogens is 552 g/mol. The predicted molar refractivity (Wildman–Crippen MR) is 149 cm³/mol. The van der Waals surface area contributed by atoms with E-state index >= 15 is 0 Å². The molecule has 3 atom stereocenters. The highest BCUT2D eigenvalue weighted by Gasteiger charge is 2.32. The third kappa shape index (κ3) is 13.0. The summed E-state index contributed by atoms with van der Waals surface area (Å²) in [4.78, 5) is 87.1. The van der Waals surface area contributed by atoms with E-state index in [1.165, 1.54) is 30.2 Å². The van der Waals surface area contributed by atoms with Crippen molar-refractivity contribution in [2.45, 2.75) is 84.3 Å². The Morgan fingerprint density at radius 3 is 2.36 bits per heavy atom. The van der Waals surface area contributed by atoms with Crippen LogP contribution >= 0.6 is 0 Å². The van der Waals surface area contributed by atoms with Gasteiger partial charge < -0.3 is 35.4 Å². The molecule has 0 saturated heterocycles. The average molecular weight is 595 g/mol. The topological polar surface area (TPSA) is 198 Å². The van der Waals surface area contributed by atoms with Crippen molar-refractivity contribution in [2.24, 2.45) is 5.92 Å². The third-order valence-electron chi connectivity index (χ3n) is 6.17. The summed E-state index contributed by atoms with van der Waals surface area (Å²) in [5, 5.41) is 16.4. The smallest absolute Gasteiger partial charge is 0.330 e. The number of amides is 4. The molecular formula is C28H42N4O10. The summed E-state index contributed by atoms with van der Waals surface area (Å²) in [6, 6.07) is -2.42. The Kier molecular flexibility index (Phi) is 15.6. The van der Waals surface area contributed by atoms with Crippen molar-refractivity contribution in [3.05, 3.63) is 23.9 Å². The molecule has 1 unspecified atom stereocenters. The van der Waals surface area contributed by atoms with Gasteiger partial charge in [0.05, 0.1) is 20.1 Å². The first-order valence-corrected chi connectivity index (χ1v) is 13.8. The van der Waals surface area contributed by atoms with E-state index < -0.39 is 60.0 Å². The maximum absolute atomic E-state index is 13.2. The molecule has 0 radical (unpaired) electrons. The zero-order valence-corrected chi connectivity index (χ0v) is 24.8. The SMILES string of the molecule is CCOC(=O)/C=C/CC[C@H](NC(=O)CCC(=O)O)C(=O)NC1=CCC(C)N(CC(=O)N[C@H](CC(C)C)C(=O)OC)C1=O. The van der Waals surface area contributed by atoms with Gasteiger partial charge in [0.15, 0.2) is 0 Å². The number of carboxylic acid groups (broad SMARTS) is 1. The van der Waals surface area contributed by atoms with Crippen molar-refractivity contribution < 1.29 is 48.1 Å². The zero-order valence-electron chi connectivity index (χ0n) is 24.8. The minimum absolute atomic E-state index is 0.0370. The number of hydrogen-bond acceptors (Lipinski definition) is 9. The molecule has 0 saturated carbocycles. The van der Waals surface area contributed by atoms with E-state index in [1.807, 2.05) is 13.8 Å². The van der Waals surface area contributed by atoms with E-state index in [4.69, 9.17) is 14.6 Å². The van der Waals surface area contributed by atoms with Crippen LogP contribution in [0.15, 0.2) is 23.9 Å². The van der Waals surface area contributed by atoms with Crippen molar-refractivity contribution in [1.29, 1.82) is 0 Å². The highest BCUT2D eigenvalue weighted by Crippen LogP contribution is 2.17. The van der Waals surface area contributed by atoms with Gasteiger partial charge in [-0.2, -0.15) is 0 Å². The Balaban J connectivity index is 2.96. The number of carboxylic acids is 1. The second-order valence-corrected chi connectivity index (χ2v) is 10.1. The molecule has 42 heavy (non-hydrogen) atoms. The number of esters is 2. The van der Waals surface area contributed by atoms with Crippen LogP contribution in [0.1, 0.15) is 66.2 Å². The predicted octanol–water partition coefficient (Wildman–Crippen LogP) is 0.560. The molecule has 1 rings (SSSR count). The average Bonchev–Trinajstić information content (AvgIpc) is 2.92. The van der Waals surface area contributed by atoms with Crippen LogP contribution in [0, 0.1) is 5.92 Å². The zero-order chi connectivity index (χ0) is 31.8. The van der Waals surface area contributed by atoms with Crippen LogP contribution in [0.5, 0.6) is 0 Å².